The monoisotopic (exact) mass is 226 g/mol. The largest absolute Gasteiger partial charge is 0.390 e. The third-order valence-electron chi connectivity index (χ3n) is 1.66. The summed E-state index contributed by atoms with van der Waals surface area (Å²) in [5.41, 5.74) is 0.738. The smallest absolute Gasteiger partial charge is 0.123 e. The molecule has 0 radical (unpaired) electrons. The predicted molar refractivity (Wildman–Crippen MR) is 61.3 cm³/mol. The Morgan fingerprint density at radius 1 is 1.47 bits per heavy atom. The molecule has 2 N–H and O–H groups in total. The van der Waals surface area contributed by atoms with Crippen molar-refractivity contribution in [2.75, 3.05) is 13.7 Å². The Labute approximate surface area is 91.6 Å². The van der Waals surface area contributed by atoms with Crippen molar-refractivity contribution in [1.82, 2.24) is 0 Å². The first-order chi connectivity index (χ1) is 7.17. The molecular formula is C10H11FN2OS. The molecule has 80 valence electrons. The van der Waals surface area contributed by atoms with Crippen molar-refractivity contribution in [2.45, 2.75) is 0 Å². The highest BCUT2D eigenvalue weighted by Gasteiger charge is 2.06. The predicted octanol–water partition coefficient (Wildman–Crippen LogP) is 1.90. The fourth-order valence-corrected chi connectivity index (χ4v) is 1.62. The van der Waals surface area contributed by atoms with Crippen LogP contribution in [0.4, 0.5) is 4.39 Å². The highest BCUT2D eigenvalue weighted by atomic mass is 32.2. The van der Waals surface area contributed by atoms with Crippen LogP contribution in [-0.2, 0) is 0 Å². The van der Waals surface area contributed by atoms with Gasteiger partial charge in [0.25, 0.3) is 0 Å². The molecule has 0 aliphatic heterocycles. The number of aliphatic hydroxyl groups excluding tert-OH is 1. The molecule has 0 saturated heterocycles. The average Bonchev–Trinajstić information content (AvgIpc) is 2.27. The Kier molecular flexibility index (Phi) is 4.45. The summed E-state index contributed by atoms with van der Waals surface area (Å²) in [6.07, 6.45) is 0. The summed E-state index contributed by atoms with van der Waals surface area (Å²) in [5.74, 6) is -0.309. The normalized spacial score (nSPS) is 11.5. The van der Waals surface area contributed by atoms with Crippen molar-refractivity contribution >= 4 is 21.8 Å². The Morgan fingerprint density at radius 3 is 2.53 bits per heavy atom. The molecule has 0 aromatic heterocycles. The lowest BCUT2D eigenvalue weighted by molar-refractivity contribution is 0.359. The number of rotatable bonds is 2. The molecule has 1 aromatic rings. The molecule has 0 bridgehead atoms. The average molecular weight is 226 g/mol. The highest BCUT2D eigenvalue weighted by Crippen LogP contribution is 2.15. The lowest BCUT2D eigenvalue weighted by atomic mass is 10.2. The van der Waals surface area contributed by atoms with Gasteiger partial charge >= 0.3 is 0 Å². The number of hydrogen-bond acceptors (Lipinski definition) is 4. The molecular weight excluding hydrogens is 215 g/mol. The number of halogens is 1. The second-order valence-electron chi connectivity index (χ2n) is 2.72. The van der Waals surface area contributed by atoms with E-state index in [0.29, 0.717) is 5.04 Å². The number of nitrogens with one attached hydrogen (secondary N) is 1. The summed E-state index contributed by atoms with van der Waals surface area (Å²) >= 11 is 1.06. The van der Waals surface area contributed by atoms with Gasteiger partial charge in [0.2, 0.25) is 0 Å². The topological polar surface area (TPSA) is 56.4 Å². The minimum absolute atomic E-state index is 0.111. The van der Waals surface area contributed by atoms with Gasteiger partial charge in [-0.1, -0.05) is 11.8 Å². The molecule has 0 aliphatic rings. The summed E-state index contributed by atoms with van der Waals surface area (Å²) in [6.45, 7) is -0.315. The third-order valence-corrected chi connectivity index (χ3v) is 2.64. The molecule has 1 aromatic carbocycles. The van der Waals surface area contributed by atoms with Gasteiger partial charge in [-0.3, -0.25) is 10.4 Å². The number of aliphatic imine (C=N–C) groups is 1. The SMILES string of the molecule is C/N=C(\SC(=N)CO)c1ccc(F)cc1. The molecule has 0 amide bonds. The van der Waals surface area contributed by atoms with E-state index in [1.165, 1.54) is 12.1 Å². The number of hydrogen-bond donors (Lipinski definition) is 2. The first-order valence-corrected chi connectivity index (χ1v) is 5.08. The summed E-state index contributed by atoms with van der Waals surface area (Å²) in [5, 5.41) is 16.7. The van der Waals surface area contributed by atoms with Crippen molar-refractivity contribution in [3.63, 3.8) is 0 Å². The van der Waals surface area contributed by atoms with Gasteiger partial charge < -0.3 is 5.11 Å². The van der Waals surface area contributed by atoms with Gasteiger partial charge in [0.15, 0.2) is 0 Å². The van der Waals surface area contributed by atoms with Crippen LogP contribution in [0.1, 0.15) is 5.56 Å². The molecule has 0 fully saturated rings. The summed E-state index contributed by atoms with van der Waals surface area (Å²) < 4.78 is 12.7. The van der Waals surface area contributed by atoms with E-state index in [1.54, 1.807) is 19.2 Å². The van der Waals surface area contributed by atoms with E-state index in [1.807, 2.05) is 0 Å². The molecule has 0 saturated carbocycles. The van der Waals surface area contributed by atoms with Crippen molar-refractivity contribution in [1.29, 1.82) is 5.41 Å². The van der Waals surface area contributed by atoms with Crippen molar-refractivity contribution in [3.05, 3.63) is 35.6 Å². The molecule has 3 nitrogen and oxygen atoms in total. The first-order valence-electron chi connectivity index (χ1n) is 4.26. The Morgan fingerprint density at radius 2 is 2.07 bits per heavy atom. The summed E-state index contributed by atoms with van der Waals surface area (Å²) in [7, 11) is 1.59. The van der Waals surface area contributed by atoms with E-state index in [-0.39, 0.29) is 17.5 Å². The molecule has 15 heavy (non-hydrogen) atoms. The van der Waals surface area contributed by atoms with E-state index in [9.17, 15) is 4.39 Å². The van der Waals surface area contributed by atoms with E-state index in [4.69, 9.17) is 10.5 Å². The van der Waals surface area contributed by atoms with E-state index < -0.39 is 0 Å². The maximum atomic E-state index is 12.7. The molecule has 1 rings (SSSR count). The van der Waals surface area contributed by atoms with Crippen LogP contribution in [0.25, 0.3) is 0 Å². The third kappa shape index (κ3) is 3.45. The van der Waals surface area contributed by atoms with Crippen LogP contribution in [0.15, 0.2) is 29.3 Å². The molecule has 0 unspecified atom stereocenters. The fourth-order valence-electron chi connectivity index (χ4n) is 0.975. The highest BCUT2D eigenvalue weighted by molar-refractivity contribution is 8.27. The van der Waals surface area contributed by atoms with E-state index >= 15 is 0 Å². The number of aliphatic hydroxyl groups is 1. The maximum Gasteiger partial charge on any atom is 0.123 e. The van der Waals surface area contributed by atoms with Gasteiger partial charge in [-0.2, -0.15) is 0 Å². The van der Waals surface area contributed by atoms with E-state index in [2.05, 4.69) is 4.99 Å². The first kappa shape index (κ1) is 11.9. The Hall–Kier alpha value is -1.20. The zero-order valence-corrected chi connectivity index (χ0v) is 9.01. The van der Waals surface area contributed by atoms with Gasteiger partial charge in [0.05, 0.1) is 11.7 Å². The van der Waals surface area contributed by atoms with Crippen LogP contribution < -0.4 is 0 Å². The molecule has 5 heteroatoms. The van der Waals surface area contributed by atoms with Crippen molar-refractivity contribution < 1.29 is 9.50 Å². The number of thioether (sulfide) groups is 1. The number of benzene rings is 1. The van der Waals surface area contributed by atoms with Crippen LogP contribution in [-0.4, -0.2) is 28.8 Å². The zero-order valence-electron chi connectivity index (χ0n) is 8.20. The molecule has 0 spiro atoms. The van der Waals surface area contributed by atoms with Crippen molar-refractivity contribution in [3.8, 4) is 0 Å². The van der Waals surface area contributed by atoms with Crippen LogP contribution in [0.5, 0.6) is 0 Å². The minimum Gasteiger partial charge on any atom is -0.390 e. The van der Waals surface area contributed by atoms with Gasteiger partial charge in [0.1, 0.15) is 10.9 Å². The number of nitrogens with zero attached hydrogens (tertiary/aromatic N) is 1. The van der Waals surface area contributed by atoms with Gasteiger partial charge in [-0.15, -0.1) is 0 Å². The molecule has 0 aliphatic carbocycles. The summed E-state index contributed by atoms with van der Waals surface area (Å²) in [4.78, 5) is 3.98. The minimum atomic E-state index is -0.315. The van der Waals surface area contributed by atoms with Crippen LogP contribution in [0.3, 0.4) is 0 Å². The van der Waals surface area contributed by atoms with Crippen molar-refractivity contribution in [2.24, 2.45) is 4.99 Å². The van der Waals surface area contributed by atoms with Gasteiger partial charge in [-0.25, -0.2) is 4.39 Å². The fraction of sp³-hybridized carbons (Fsp3) is 0.200. The molecule has 0 heterocycles. The van der Waals surface area contributed by atoms with Gasteiger partial charge in [-0.05, 0) is 24.3 Å². The summed E-state index contributed by atoms with van der Waals surface area (Å²) in [6, 6.07) is 5.86. The quantitative estimate of drug-likeness (QED) is 0.597. The van der Waals surface area contributed by atoms with Gasteiger partial charge in [0, 0.05) is 12.6 Å². The lowest BCUT2D eigenvalue weighted by Gasteiger charge is -2.04. The second kappa shape index (κ2) is 5.63. The standard InChI is InChI=1S/C10H11FN2OS/c1-13-10(15-9(12)6-14)7-2-4-8(11)5-3-7/h2-5,12,14H,6H2,1H3/b12-9?,13-10-. The Bertz CT molecular complexity index is 376. The van der Waals surface area contributed by atoms with Crippen LogP contribution in [0, 0.1) is 11.2 Å². The van der Waals surface area contributed by atoms with E-state index in [0.717, 1.165) is 17.3 Å². The second-order valence-corrected chi connectivity index (χ2v) is 3.80. The maximum absolute atomic E-state index is 12.7. The molecule has 0 atom stereocenters. The lowest BCUT2D eigenvalue weighted by Crippen LogP contribution is -2.04. The van der Waals surface area contributed by atoms with Crippen LogP contribution in [0.2, 0.25) is 0 Å². The van der Waals surface area contributed by atoms with Crippen LogP contribution >= 0.6 is 11.8 Å². The zero-order chi connectivity index (χ0) is 11.3. The Balaban J connectivity index is 2.84.